The molecule has 1 heterocycles. The van der Waals surface area contributed by atoms with Gasteiger partial charge in [0.15, 0.2) is 0 Å². The Bertz CT molecular complexity index is 479. The van der Waals surface area contributed by atoms with Crippen LogP contribution in [0.1, 0.15) is 11.3 Å². The standard InChI is InChI=1S/C12H11N3O/c13-15(16)12-6-4-10(5-7-12)9-11-3-1-2-8-14-11/h1-8,13H,9H2. The molecule has 80 valence electrons. The minimum atomic E-state index is 0.102. The summed E-state index contributed by atoms with van der Waals surface area (Å²) in [6.07, 6.45) is 2.49. The maximum Gasteiger partial charge on any atom is 0.244 e. The maximum atomic E-state index is 10.7. The second-order valence-electron chi connectivity index (χ2n) is 3.46. The normalized spacial score (nSPS) is 10.0. The smallest absolute Gasteiger partial charge is 0.244 e. The van der Waals surface area contributed by atoms with E-state index in [-0.39, 0.29) is 4.86 Å². The van der Waals surface area contributed by atoms with Gasteiger partial charge in [-0.25, -0.2) is 0 Å². The zero-order valence-electron chi connectivity index (χ0n) is 8.63. The Balaban J connectivity index is 2.14. The first-order chi connectivity index (χ1) is 7.75. The van der Waals surface area contributed by atoms with Gasteiger partial charge in [0.05, 0.1) is 0 Å². The van der Waals surface area contributed by atoms with Crippen molar-refractivity contribution >= 4 is 5.69 Å². The Morgan fingerprint density at radius 1 is 1.12 bits per heavy atom. The highest BCUT2D eigenvalue weighted by Crippen LogP contribution is 2.14. The quantitative estimate of drug-likeness (QED) is 0.484. The molecule has 0 atom stereocenters. The summed E-state index contributed by atoms with van der Waals surface area (Å²) < 4.78 is 0. The van der Waals surface area contributed by atoms with E-state index in [1.165, 1.54) is 0 Å². The average Bonchev–Trinajstić information content (AvgIpc) is 2.31. The lowest BCUT2D eigenvalue weighted by molar-refractivity contribution is -0.465. The Morgan fingerprint density at radius 3 is 2.44 bits per heavy atom. The third-order valence-corrected chi connectivity index (χ3v) is 2.28. The van der Waals surface area contributed by atoms with E-state index >= 15 is 0 Å². The second kappa shape index (κ2) is 4.53. The van der Waals surface area contributed by atoms with Crippen LogP contribution >= 0.6 is 0 Å². The molecule has 4 nitrogen and oxygen atoms in total. The van der Waals surface area contributed by atoms with Gasteiger partial charge in [-0.3, -0.25) is 4.98 Å². The predicted molar refractivity (Wildman–Crippen MR) is 59.5 cm³/mol. The fourth-order valence-electron chi connectivity index (χ4n) is 1.46. The van der Waals surface area contributed by atoms with Crippen molar-refractivity contribution in [3.05, 3.63) is 65.1 Å². The number of nitrogens with one attached hydrogen (secondary N) is 1. The van der Waals surface area contributed by atoms with E-state index < -0.39 is 0 Å². The molecule has 0 amide bonds. The summed E-state index contributed by atoms with van der Waals surface area (Å²) in [6.45, 7) is 0. The molecule has 1 aromatic carbocycles. The molecule has 0 aliphatic carbocycles. The van der Waals surface area contributed by atoms with E-state index in [0.717, 1.165) is 17.7 Å². The summed E-state index contributed by atoms with van der Waals surface area (Å²) in [4.78, 5) is 4.32. The fourth-order valence-corrected chi connectivity index (χ4v) is 1.46. The molecule has 1 aromatic heterocycles. The van der Waals surface area contributed by atoms with Crippen molar-refractivity contribution in [2.24, 2.45) is 0 Å². The highest BCUT2D eigenvalue weighted by molar-refractivity contribution is 5.34. The van der Waals surface area contributed by atoms with Crippen molar-refractivity contribution in [2.75, 3.05) is 0 Å². The van der Waals surface area contributed by atoms with Crippen LogP contribution in [-0.2, 0) is 6.42 Å². The molecule has 0 aliphatic heterocycles. The SMILES string of the molecule is N=[N+]([O-])c1ccc(Cc2ccccn2)cc1. The fraction of sp³-hybridized carbons (Fsp3) is 0.0833. The van der Waals surface area contributed by atoms with E-state index in [0.29, 0.717) is 5.69 Å². The molecule has 0 bridgehead atoms. The lowest BCUT2D eigenvalue weighted by atomic mass is 10.1. The van der Waals surface area contributed by atoms with Gasteiger partial charge < -0.3 is 5.21 Å². The molecular weight excluding hydrogens is 202 g/mol. The first-order valence-corrected chi connectivity index (χ1v) is 4.93. The highest BCUT2D eigenvalue weighted by atomic mass is 16.5. The van der Waals surface area contributed by atoms with E-state index in [1.54, 1.807) is 18.3 Å². The van der Waals surface area contributed by atoms with E-state index in [4.69, 9.17) is 5.53 Å². The number of hydrogen-bond donors (Lipinski definition) is 1. The number of aromatic nitrogens is 1. The van der Waals surface area contributed by atoms with E-state index in [2.05, 4.69) is 4.98 Å². The lowest BCUT2D eigenvalue weighted by Gasteiger charge is -2.01. The molecule has 0 fully saturated rings. The summed E-state index contributed by atoms with van der Waals surface area (Å²) in [5.74, 6) is 0. The van der Waals surface area contributed by atoms with Crippen molar-refractivity contribution in [3.63, 3.8) is 0 Å². The number of hydrogen-bond acceptors (Lipinski definition) is 3. The molecule has 0 saturated heterocycles. The molecular formula is C12H11N3O. The molecule has 0 aliphatic rings. The van der Waals surface area contributed by atoms with Gasteiger partial charge in [0.25, 0.3) is 0 Å². The Labute approximate surface area is 93.3 Å². The number of rotatable bonds is 3. The second-order valence-corrected chi connectivity index (χ2v) is 3.46. The van der Waals surface area contributed by atoms with Gasteiger partial charge in [0.2, 0.25) is 5.69 Å². The van der Waals surface area contributed by atoms with Crippen LogP contribution in [0.4, 0.5) is 5.69 Å². The minimum absolute atomic E-state index is 0.102. The topological polar surface area (TPSA) is 62.8 Å². The summed E-state index contributed by atoms with van der Waals surface area (Å²) in [5.41, 5.74) is 9.27. The zero-order valence-corrected chi connectivity index (χ0v) is 8.63. The van der Waals surface area contributed by atoms with E-state index in [1.807, 2.05) is 30.3 Å². The average molecular weight is 213 g/mol. The van der Waals surface area contributed by atoms with Crippen molar-refractivity contribution < 1.29 is 4.86 Å². The van der Waals surface area contributed by atoms with Crippen molar-refractivity contribution in [2.45, 2.75) is 6.42 Å². The van der Waals surface area contributed by atoms with Crippen LogP contribution in [0.25, 0.3) is 0 Å². The summed E-state index contributed by atoms with van der Waals surface area (Å²) in [5, 5.41) is 10.7. The number of nitrogens with zero attached hydrogens (tertiary/aromatic N) is 2. The van der Waals surface area contributed by atoms with Crippen molar-refractivity contribution in [1.82, 2.24) is 4.98 Å². The maximum absolute atomic E-state index is 10.7. The van der Waals surface area contributed by atoms with Gasteiger partial charge in [-0.05, 0) is 23.2 Å². The van der Waals surface area contributed by atoms with Gasteiger partial charge in [-0.15, -0.1) is 0 Å². The van der Waals surface area contributed by atoms with Crippen LogP contribution in [-0.4, -0.2) is 9.84 Å². The molecule has 4 heteroatoms. The molecule has 1 N–H and O–H groups in total. The van der Waals surface area contributed by atoms with Gasteiger partial charge in [-0.1, -0.05) is 23.1 Å². The zero-order chi connectivity index (χ0) is 11.4. The lowest BCUT2D eigenvalue weighted by Crippen LogP contribution is -1.92. The van der Waals surface area contributed by atoms with Crippen molar-refractivity contribution in [1.29, 1.82) is 5.53 Å². The minimum Gasteiger partial charge on any atom is -0.594 e. The molecule has 16 heavy (non-hydrogen) atoms. The van der Waals surface area contributed by atoms with Crippen LogP contribution < -0.4 is 0 Å². The monoisotopic (exact) mass is 213 g/mol. The van der Waals surface area contributed by atoms with Crippen LogP contribution in [0.2, 0.25) is 0 Å². The largest absolute Gasteiger partial charge is 0.594 e. The molecule has 2 rings (SSSR count). The third-order valence-electron chi connectivity index (χ3n) is 2.28. The molecule has 0 unspecified atom stereocenters. The third kappa shape index (κ3) is 2.42. The van der Waals surface area contributed by atoms with Gasteiger partial charge >= 0.3 is 0 Å². The van der Waals surface area contributed by atoms with Crippen LogP contribution in [0, 0.1) is 10.7 Å². The van der Waals surface area contributed by atoms with Gasteiger partial charge in [0, 0.05) is 30.4 Å². The van der Waals surface area contributed by atoms with E-state index in [9.17, 15) is 5.21 Å². The first-order valence-electron chi connectivity index (χ1n) is 4.93. The summed E-state index contributed by atoms with van der Waals surface area (Å²) in [7, 11) is 0. The van der Waals surface area contributed by atoms with Crippen LogP contribution in [0.3, 0.4) is 0 Å². The molecule has 0 saturated carbocycles. The summed E-state index contributed by atoms with van der Waals surface area (Å²) >= 11 is 0. The summed E-state index contributed by atoms with van der Waals surface area (Å²) in [6, 6.07) is 12.7. The Kier molecular flexibility index (Phi) is 2.91. The van der Waals surface area contributed by atoms with Crippen LogP contribution in [0.5, 0.6) is 0 Å². The number of pyridine rings is 1. The van der Waals surface area contributed by atoms with Gasteiger partial charge in [0.1, 0.15) is 0 Å². The predicted octanol–water partition coefficient (Wildman–Crippen LogP) is 2.85. The van der Waals surface area contributed by atoms with Gasteiger partial charge in [-0.2, -0.15) is 0 Å². The molecule has 0 spiro atoms. The Hall–Kier alpha value is -2.23. The number of benzene rings is 1. The van der Waals surface area contributed by atoms with Crippen LogP contribution in [0.15, 0.2) is 48.7 Å². The Morgan fingerprint density at radius 2 is 1.88 bits per heavy atom. The first kappa shape index (κ1) is 10.3. The highest BCUT2D eigenvalue weighted by Gasteiger charge is 2.01. The molecule has 2 aromatic rings. The molecule has 0 radical (unpaired) electrons. The van der Waals surface area contributed by atoms with Crippen molar-refractivity contribution in [3.8, 4) is 0 Å².